The summed E-state index contributed by atoms with van der Waals surface area (Å²) >= 11 is 1.70. The molecule has 1 aromatic heterocycles. The normalized spacial score (nSPS) is 12.4. The van der Waals surface area contributed by atoms with Crippen molar-refractivity contribution in [2.24, 2.45) is 5.73 Å². The number of rotatable bonds is 5. The lowest BCUT2D eigenvalue weighted by Gasteiger charge is -2.22. The van der Waals surface area contributed by atoms with Gasteiger partial charge in [0, 0.05) is 24.2 Å². The first-order valence-corrected chi connectivity index (χ1v) is 7.40. The molecule has 0 radical (unpaired) electrons. The minimum absolute atomic E-state index is 0.177. The van der Waals surface area contributed by atoms with E-state index in [1.165, 1.54) is 11.3 Å². The molecule has 1 atom stereocenters. The first-order chi connectivity index (χ1) is 9.06. The molecule has 1 heterocycles. The fourth-order valence-corrected chi connectivity index (χ4v) is 2.82. The van der Waals surface area contributed by atoms with Crippen molar-refractivity contribution in [2.45, 2.75) is 32.9 Å². The molecule has 0 fully saturated rings. The van der Waals surface area contributed by atoms with Crippen LogP contribution in [-0.4, -0.2) is 18.1 Å². The summed E-state index contributed by atoms with van der Waals surface area (Å²) in [6, 6.07) is 8.62. The maximum absolute atomic E-state index is 5.92. The molecule has 0 saturated heterocycles. The Balaban J connectivity index is 2.16. The largest absolute Gasteiger partial charge is 0.368 e. The highest BCUT2D eigenvalue weighted by Crippen LogP contribution is 2.22. The van der Waals surface area contributed by atoms with E-state index < -0.39 is 0 Å². The highest BCUT2D eigenvalue weighted by atomic mass is 32.1. The van der Waals surface area contributed by atoms with E-state index in [1.807, 2.05) is 13.8 Å². The van der Waals surface area contributed by atoms with Gasteiger partial charge in [0.25, 0.3) is 0 Å². The maximum Gasteiger partial charge on any atom is 0.0898 e. The third-order valence-corrected chi connectivity index (χ3v) is 3.83. The van der Waals surface area contributed by atoms with Gasteiger partial charge in [-0.1, -0.05) is 18.2 Å². The number of aromatic nitrogens is 1. The number of nitrogens with two attached hydrogens (primary N) is 1. The van der Waals surface area contributed by atoms with Crippen molar-refractivity contribution < 1.29 is 0 Å². The molecule has 3 nitrogen and oxygen atoms in total. The van der Waals surface area contributed by atoms with Crippen LogP contribution in [0.5, 0.6) is 0 Å². The van der Waals surface area contributed by atoms with Gasteiger partial charge in [-0.15, -0.1) is 11.3 Å². The zero-order valence-electron chi connectivity index (χ0n) is 11.8. The molecule has 2 N–H and O–H groups in total. The predicted octanol–water partition coefficient (Wildman–Crippen LogP) is 2.98. The number of aryl methyl sites for hydroxylation is 1. The summed E-state index contributed by atoms with van der Waals surface area (Å²) < 4.78 is 0. The molecule has 2 rings (SSSR count). The van der Waals surface area contributed by atoms with Crippen molar-refractivity contribution in [3.05, 3.63) is 45.9 Å². The van der Waals surface area contributed by atoms with Gasteiger partial charge >= 0.3 is 0 Å². The van der Waals surface area contributed by atoms with Crippen LogP contribution in [-0.2, 0) is 13.0 Å². The van der Waals surface area contributed by atoms with Crippen LogP contribution in [0.3, 0.4) is 0 Å². The Hall–Kier alpha value is -1.39. The lowest BCUT2D eigenvalue weighted by molar-refractivity contribution is 0.733. The molecule has 0 aliphatic carbocycles. The summed E-state index contributed by atoms with van der Waals surface area (Å²) in [5.74, 6) is 0. The average molecular weight is 275 g/mol. The molecule has 4 heteroatoms. The van der Waals surface area contributed by atoms with Gasteiger partial charge in [-0.25, -0.2) is 4.98 Å². The van der Waals surface area contributed by atoms with Crippen molar-refractivity contribution in [3.63, 3.8) is 0 Å². The van der Waals surface area contributed by atoms with Crippen molar-refractivity contribution >= 4 is 17.0 Å². The number of anilines is 1. The third kappa shape index (κ3) is 3.78. The summed E-state index contributed by atoms with van der Waals surface area (Å²) in [5, 5.41) is 3.24. The lowest BCUT2D eigenvalue weighted by Crippen LogP contribution is -2.22. The zero-order chi connectivity index (χ0) is 13.8. The van der Waals surface area contributed by atoms with Gasteiger partial charge in [0.2, 0.25) is 0 Å². The van der Waals surface area contributed by atoms with Gasteiger partial charge in [0.1, 0.15) is 0 Å². The van der Waals surface area contributed by atoms with Crippen molar-refractivity contribution in [2.75, 3.05) is 11.9 Å². The number of para-hydroxylation sites is 1. The van der Waals surface area contributed by atoms with Crippen LogP contribution in [0.15, 0.2) is 29.6 Å². The second-order valence-electron chi connectivity index (χ2n) is 5.02. The molecule has 0 aliphatic rings. The number of thiazole rings is 1. The van der Waals surface area contributed by atoms with Gasteiger partial charge < -0.3 is 10.6 Å². The van der Waals surface area contributed by atoms with E-state index in [2.05, 4.69) is 46.6 Å². The second-order valence-corrected chi connectivity index (χ2v) is 6.09. The van der Waals surface area contributed by atoms with E-state index in [4.69, 9.17) is 5.73 Å². The summed E-state index contributed by atoms with van der Waals surface area (Å²) in [4.78, 5) is 6.76. The van der Waals surface area contributed by atoms with Gasteiger partial charge in [0.05, 0.1) is 17.2 Å². The monoisotopic (exact) mass is 275 g/mol. The molecule has 1 aromatic carbocycles. The fourth-order valence-electron chi connectivity index (χ4n) is 2.21. The summed E-state index contributed by atoms with van der Waals surface area (Å²) in [6.45, 7) is 4.92. The highest BCUT2D eigenvalue weighted by molar-refractivity contribution is 7.09. The minimum atomic E-state index is 0.177. The molecular formula is C15H21N3S. The Kier molecular flexibility index (Phi) is 4.56. The first-order valence-electron chi connectivity index (χ1n) is 6.52. The second kappa shape index (κ2) is 6.17. The van der Waals surface area contributed by atoms with E-state index in [1.54, 1.807) is 11.3 Å². The molecule has 1 unspecified atom stereocenters. The smallest absolute Gasteiger partial charge is 0.0898 e. The van der Waals surface area contributed by atoms with Gasteiger partial charge in [-0.3, -0.25) is 0 Å². The molecule has 102 valence electrons. The Morgan fingerprint density at radius 2 is 2.11 bits per heavy atom. The Bertz CT molecular complexity index is 534. The molecular weight excluding hydrogens is 254 g/mol. The fraction of sp³-hybridized carbons (Fsp3) is 0.400. The molecule has 0 spiro atoms. The first kappa shape index (κ1) is 14.0. The van der Waals surface area contributed by atoms with Crippen molar-refractivity contribution in [3.8, 4) is 0 Å². The zero-order valence-corrected chi connectivity index (χ0v) is 12.6. The van der Waals surface area contributed by atoms with Crippen LogP contribution in [0.2, 0.25) is 0 Å². The van der Waals surface area contributed by atoms with E-state index >= 15 is 0 Å². The molecule has 0 amide bonds. The van der Waals surface area contributed by atoms with E-state index in [-0.39, 0.29) is 6.04 Å². The Labute approximate surface area is 119 Å². The predicted molar refractivity (Wildman–Crippen MR) is 82.8 cm³/mol. The van der Waals surface area contributed by atoms with Crippen LogP contribution in [0, 0.1) is 6.92 Å². The Morgan fingerprint density at radius 3 is 2.74 bits per heavy atom. The van der Waals surface area contributed by atoms with E-state index in [0.717, 1.165) is 23.7 Å². The van der Waals surface area contributed by atoms with Crippen LogP contribution >= 0.6 is 11.3 Å². The minimum Gasteiger partial charge on any atom is -0.368 e. The van der Waals surface area contributed by atoms with Crippen molar-refractivity contribution in [1.82, 2.24) is 4.98 Å². The summed E-state index contributed by atoms with van der Waals surface area (Å²) in [6.07, 6.45) is 0.899. The topological polar surface area (TPSA) is 42.2 Å². The Morgan fingerprint density at radius 1 is 1.37 bits per heavy atom. The summed E-state index contributed by atoms with van der Waals surface area (Å²) in [7, 11) is 2.11. The lowest BCUT2D eigenvalue weighted by atomic mass is 10.0. The van der Waals surface area contributed by atoms with Crippen LogP contribution < -0.4 is 10.6 Å². The van der Waals surface area contributed by atoms with E-state index in [0.29, 0.717) is 0 Å². The molecule has 0 aliphatic heterocycles. The van der Waals surface area contributed by atoms with Gasteiger partial charge in [-0.2, -0.15) is 0 Å². The molecule has 0 bridgehead atoms. The highest BCUT2D eigenvalue weighted by Gasteiger charge is 2.10. The molecule has 0 saturated carbocycles. The van der Waals surface area contributed by atoms with E-state index in [9.17, 15) is 0 Å². The quantitative estimate of drug-likeness (QED) is 0.912. The molecule has 19 heavy (non-hydrogen) atoms. The third-order valence-electron chi connectivity index (χ3n) is 3.01. The van der Waals surface area contributed by atoms with Crippen LogP contribution in [0.1, 0.15) is 23.2 Å². The van der Waals surface area contributed by atoms with Gasteiger partial charge in [0.15, 0.2) is 0 Å². The maximum atomic E-state index is 5.92. The SMILES string of the molecule is Cc1nc(CN(C)c2ccccc2CC(C)N)cs1. The average Bonchev–Trinajstić information content (AvgIpc) is 2.74. The standard InChI is InChI=1S/C15H21N3S/c1-11(16)8-13-6-4-5-7-15(13)18(3)9-14-10-19-12(2)17-14/h4-7,10-11H,8-9,16H2,1-3H3. The number of hydrogen-bond acceptors (Lipinski definition) is 4. The number of nitrogens with zero attached hydrogens (tertiary/aromatic N) is 2. The van der Waals surface area contributed by atoms with Gasteiger partial charge in [-0.05, 0) is 31.9 Å². The molecule has 2 aromatic rings. The number of benzene rings is 1. The van der Waals surface area contributed by atoms with Crippen molar-refractivity contribution in [1.29, 1.82) is 0 Å². The summed E-state index contributed by atoms with van der Waals surface area (Å²) in [5.41, 5.74) is 9.58. The number of hydrogen-bond donors (Lipinski definition) is 1. The van der Waals surface area contributed by atoms with Crippen LogP contribution in [0.25, 0.3) is 0 Å². The van der Waals surface area contributed by atoms with Crippen LogP contribution in [0.4, 0.5) is 5.69 Å².